The van der Waals surface area contributed by atoms with Crippen molar-refractivity contribution in [1.29, 1.82) is 0 Å². The van der Waals surface area contributed by atoms with Crippen molar-refractivity contribution in [2.75, 3.05) is 5.73 Å². The van der Waals surface area contributed by atoms with Crippen molar-refractivity contribution in [3.8, 4) is 0 Å². The summed E-state index contributed by atoms with van der Waals surface area (Å²) in [5, 5.41) is 1.85. The number of hydrogen-bond acceptors (Lipinski definition) is 3. The average molecular weight is 184 g/mol. The number of nitrogens with two attached hydrogens (primary N) is 1. The van der Waals surface area contributed by atoms with Crippen molar-refractivity contribution in [1.82, 2.24) is 4.98 Å². The minimum Gasteiger partial charge on any atom is -0.446 e. The summed E-state index contributed by atoms with van der Waals surface area (Å²) in [7, 11) is 0. The SMILES string of the molecule is Nc1c2ccccc2nc2occc12. The third-order valence-electron chi connectivity index (χ3n) is 2.35. The van der Waals surface area contributed by atoms with E-state index in [-0.39, 0.29) is 0 Å². The molecular formula is C11H8N2O. The van der Waals surface area contributed by atoms with Gasteiger partial charge in [0.1, 0.15) is 0 Å². The molecule has 3 rings (SSSR count). The zero-order chi connectivity index (χ0) is 9.54. The zero-order valence-corrected chi connectivity index (χ0v) is 7.40. The Bertz CT molecular complexity index is 613. The highest BCUT2D eigenvalue weighted by molar-refractivity contribution is 6.04. The predicted octanol–water partition coefficient (Wildman–Crippen LogP) is 2.56. The lowest BCUT2D eigenvalue weighted by Crippen LogP contribution is -1.89. The molecule has 3 nitrogen and oxygen atoms in total. The van der Waals surface area contributed by atoms with Gasteiger partial charge in [-0.2, -0.15) is 0 Å². The number of nitrogen functional groups attached to an aromatic ring is 1. The minimum atomic E-state index is 0.598. The van der Waals surface area contributed by atoms with E-state index < -0.39 is 0 Å². The zero-order valence-electron chi connectivity index (χ0n) is 7.40. The highest BCUT2D eigenvalue weighted by atomic mass is 16.3. The molecule has 0 spiro atoms. The smallest absolute Gasteiger partial charge is 0.228 e. The lowest BCUT2D eigenvalue weighted by atomic mass is 10.1. The van der Waals surface area contributed by atoms with Gasteiger partial charge in [0.15, 0.2) is 0 Å². The molecular weight excluding hydrogens is 176 g/mol. The lowest BCUT2D eigenvalue weighted by Gasteiger charge is -2.01. The summed E-state index contributed by atoms with van der Waals surface area (Å²) in [6.45, 7) is 0. The topological polar surface area (TPSA) is 52.0 Å². The van der Waals surface area contributed by atoms with Crippen molar-refractivity contribution in [2.45, 2.75) is 0 Å². The molecule has 0 aliphatic rings. The van der Waals surface area contributed by atoms with E-state index in [4.69, 9.17) is 10.2 Å². The van der Waals surface area contributed by atoms with Gasteiger partial charge in [0.2, 0.25) is 5.71 Å². The summed E-state index contributed by atoms with van der Waals surface area (Å²) in [6.07, 6.45) is 1.60. The maximum Gasteiger partial charge on any atom is 0.228 e. The number of hydrogen-bond donors (Lipinski definition) is 1. The number of para-hydroxylation sites is 1. The summed E-state index contributed by atoms with van der Waals surface area (Å²) in [4.78, 5) is 4.35. The summed E-state index contributed by atoms with van der Waals surface area (Å²) in [6, 6.07) is 9.61. The van der Waals surface area contributed by atoms with Crippen LogP contribution in [0.5, 0.6) is 0 Å². The van der Waals surface area contributed by atoms with Crippen LogP contribution in [0.25, 0.3) is 22.0 Å². The number of pyridine rings is 1. The molecule has 2 N–H and O–H groups in total. The normalized spacial score (nSPS) is 11.1. The molecule has 0 radical (unpaired) electrons. The van der Waals surface area contributed by atoms with Crippen molar-refractivity contribution in [3.63, 3.8) is 0 Å². The Morgan fingerprint density at radius 1 is 1.07 bits per heavy atom. The first-order valence-corrected chi connectivity index (χ1v) is 4.38. The molecule has 3 heteroatoms. The van der Waals surface area contributed by atoms with Crippen LogP contribution in [0.1, 0.15) is 0 Å². The molecule has 0 aliphatic carbocycles. The van der Waals surface area contributed by atoms with Gasteiger partial charge in [0.25, 0.3) is 0 Å². The highest BCUT2D eigenvalue weighted by Gasteiger charge is 2.06. The number of furan rings is 1. The second-order valence-electron chi connectivity index (χ2n) is 3.18. The van der Waals surface area contributed by atoms with Crippen LogP contribution in [0.3, 0.4) is 0 Å². The molecule has 0 saturated carbocycles. The first kappa shape index (κ1) is 7.38. The molecule has 2 aromatic heterocycles. The first-order chi connectivity index (χ1) is 6.86. The molecule has 0 saturated heterocycles. The largest absolute Gasteiger partial charge is 0.446 e. The van der Waals surface area contributed by atoms with E-state index in [1.54, 1.807) is 6.26 Å². The minimum absolute atomic E-state index is 0.598. The van der Waals surface area contributed by atoms with Crippen LogP contribution < -0.4 is 5.73 Å². The standard InChI is InChI=1S/C11H8N2O/c12-10-7-3-1-2-4-9(7)13-11-8(10)5-6-14-11/h1-6H,(H2,12,13). The highest BCUT2D eigenvalue weighted by Crippen LogP contribution is 2.28. The lowest BCUT2D eigenvalue weighted by molar-refractivity contribution is 0.605. The molecule has 0 bridgehead atoms. The van der Waals surface area contributed by atoms with Crippen molar-refractivity contribution in [2.24, 2.45) is 0 Å². The number of fused-ring (bicyclic) bond motifs is 2. The molecule has 0 aliphatic heterocycles. The second kappa shape index (κ2) is 2.48. The fraction of sp³-hybridized carbons (Fsp3) is 0. The fourth-order valence-electron chi connectivity index (χ4n) is 1.65. The molecule has 68 valence electrons. The summed E-state index contributed by atoms with van der Waals surface area (Å²) < 4.78 is 5.22. The van der Waals surface area contributed by atoms with Crippen molar-refractivity contribution in [3.05, 3.63) is 36.6 Å². The molecule has 0 unspecified atom stereocenters. The number of aromatic nitrogens is 1. The van der Waals surface area contributed by atoms with E-state index in [9.17, 15) is 0 Å². The Hall–Kier alpha value is -2.03. The number of nitrogens with zero attached hydrogens (tertiary/aromatic N) is 1. The van der Waals surface area contributed by atoms with Gasteiger partial charge in [-0.3, -0.25) is 0 Å². The summed E-state index contributed by atoms with van der Waals surface area (Å²) in [5.74, 6) is 0. The quantitative estimate of drug-likeness (QED) is 0.584. The van der Waals surface area contributed by atoms with Gasteiger partial charge >= 0.3 is 0 Å². The molecule has 3 aromatic rings. The second-order valence-corrected chi connectivity index (χ2v) is 3.18. The van der Waals surface area contributed by atoms with Crippen LogP contribution in [0.2, 0.25) is 0 Å². The van der Waals surface area contributed by atoms with Crippen LogP contribution in [0, 0.1) is 0 Å². The third kappa shape index (κ3) is 0.836. The van der Waals surface area contributed by atoms with Gasteiger partial charge in [0, 0.05) is 5.39 Å². The van der Waals surface area contributed by atoms with Crippen LogP contribution in [-0.2, 0) is 0 Å². The van der Waals surface area contributed by atoms with Crippen molar-refractivity contribution >= 4 is 27.7 Å². The van der Waals surface area contributed by atoms with E-state index in [1.165, 1.54) is 0 Å². The van der Waals surface area contributed by atoms with Crippen LogP contribution in [0.4, 0.5) is 5.69 Å². The maximum atomic E-state index is 6.00. The van der Waals surface area contributed by atoms with Gasteiger partial charge in [0.05, 0.1) is 22.9 Å². The van der Waals surface area contributed by atoms with E-state index in [1.807, 2.05) is 30.3 Å². The van der Waals surface area contributed by atoms with Crippen molar-refractivity contribution < 1.29 is 4.42 Å². The van der Waals surface area contributed by atoms with Crippen LogP contribution >= 0.6 is 0 Å². The Balaban J connectivity index is 2.63. The number of benzene rings is 1. The van der Waals surface area contributed by atoms with Gasteiger partial charge in [-0.1, -0.05) is 18.2 Å². The summed E-state index contributed by atoms with van der Waals surface area (Å²) >= 11 is 0. The monoisotopic (exact) mass is 184 g/mol. The summed E-state index contributed by atoms with van der Waals surface area (Å²) in [5.41, 5.74) is 8.20. The van der Waals surface area contributed by atoms with Gasteiger partial charge in [-0.05, 0) is 12.1 Å². The molecule has 1 aromatic carbocycles. The molecule has 2 heterocycles. The van der Waals surface area contributed by atoms with E-state index >= 15 is 0 Å². The fourth-order valence-corrected chi connectivity index (χ4v) is 1.65. The molecule has 14 heavy (non-hydrogen) atoms. The Morgan fingerprint density at radius 2 is 1.93 bits per heavy atom. The van der Waals surface area contributed by atoms with Crippen LogP contribution in [-0.4, -0.2) is 4.98 Å². The van der Waals surface area contributed by atoms with E-state index in [0.29, 0.717) is 5.71 Å². The predicted molar refractivity (Wildman–Crippen MR) is 55.9 cm³/mol. The van der Waals surface area contributed by atoms with E-state index in [2.05, 4.69) is 4.98 Å². The molecule has 0 amide bonds. The molecule has 0 fully saturated rings. The van der Waals surface area contributed by atoms with Gasteiger partial charge < -0.3 is 10.2 Å². The Morgan fingerprint density at radius 3 is 2.86 bits per heavy atom. The molecule has 0 atom stereocenters. The number of rotatable bonds is 0. The van der Waals surface area contributed by atoms with Gasteiger partial charge in [-0.25, -0.2) is 4.98 Å². The average Bonchev–Trinajstić information content (AvgIpc) is 2.66. The maximum absolute atomic E-state index is 6.00. The number of anilines is 1. The third-order valence-corrected chi connectivity index (χ3v) is 2.35. The van der Waals surface area contributed by atoms with Gasteiger partial charge in [-0.15, -0.1) is 0 Å². The Labute approximate surface area is 80.1 Å². The van der Waals surface area contributed by atoms with Crippen LogP contribution in [0.15, 0.2) is 41.0 Å². The first-order valence-electron chi connectivity index (χ1n) is 4.38. The van der Waals surface area contributed by atoms with E-state index in [0.717, 1.165) is 22.0 Å². The Kier molecular flexibility index (Phi) is 1.31.